The molecule has 6 nitrogen and oxygen atoms in total. The number of hydrogen-bond acceptors (Lipinski definition) is 5. The Hall–Kier alpha value is -0.500. The van der Waals surface area contributed by atoms with Crippen LogP contribution in [-0.4, -0.2) is 47.4 Å². The average Bonchev–Trinajstić information content (AvgIpc) is 2.04. The molecule has 2 unspecified atom stereocenters. The van der Waals surface area contributed by atoms with E-state index in [-0.39, 0.29) is 6.29 Å². The highest BCUT2D eigenvalue weighted by molar-refractivity contribution is 7.88. The van der Waals surface area contributed by atoms with Gasteiger partial charge in [0.2, 0.25) is 0 Å². The Kier molecular flexibility index (Phi) is 3.98. The molecule has 0 fully saturated rings. The van der Waals surface area contributed by atoms with Crippen molar-refractivity contribution in [2.45, 2.75) is 11.7 Å². The molecule has 7 heteroatoms. The zero-order chi connectivity index (χ0) is 10.7. The summed E-state index contributed by atoms with van der Waals surface area (Å²) in [5.41, 5.74) is 0. The van der Waals surface area contributed by atoms with Gasteiger partial charge in [0.1, 0.15) is 6.29 Å². The molecule has 78 valence electrons. The number of aliphatic hydroxyl groups excluding tert-OH is 2. The van der Waals surface area contributed by atoms with Crippen molar-refractivity contribution in [3.05, 3.63) is 0 Å². The SMILES string of the molecule is CC(CO)C(C=O)(CO)S(=O)(=O)O. The van der Waals surface area contributed by atoms with Crippen molar-refractivity contribution in [1.29, 1.82) is 0 Å². The number of hydrogen-bond donors (Lipinski definition) is 3. The number of aliphatic hydroxyl groups is 2. The van der Waals surface area contributed by atoms with Gasteiger partial charge in [0.25, 0.3) is 10.1 Å². The average molecular weight is 212 g/mol. The van der Waals surface area contributed by atoms with Crippen molar-refractivity contribution in [2.75, 3.05) is 13.2 Å². The molecule has 0 heterocycles. The minimum atomic E-state index is -4.72. The first-order valence-corrected chi connectivity index (χ1v) is 4.94. The Balaban J connectivity index is 5.29. The van der Waals surface area contributed by atoms with Gasteiger partial charge in [-0.05, 0) is 0 Å². The van der Waals surface area contributed by atoms with E-state index in [1.807, 2.05) is 0 Å². The highest BCUT2D eigenvalue weighted by Gasteiger charge is 2.47. The standard InChI is InChI=1S/C6H12O6S/c1-5(2-7)6(3-8,4-9)13(10,11)12/h3,5,7,9H,2,4H2,1H3,(H,10,11,12). The van der Waals surface area contributed by atoms with E-state index in [1.54, 1.807) is 0 Å². The second-order valence-corrected chi connectivity index (χ2v) is 4.50. The molecule has 3 N–H and O–H groups in total. The summed E-state index contributed by atoms with van der Waals surface area (Å²) in [7, 11) is -4.72. The van der Waals surface area contributed by atoms with Crippen LogP contribution in [0.25, 0.3) is 0 Å². The number of rotatable bonds is 5. The fraction of sp³-hybridized carbons (Fsp3) is 0.833. The molecule has 2 atom stereocenters. The largest absolute Gasteiger partial charge is 0.396 e. The van der Waals surface area contributed by atoms with E-state index in [0.29, 0.717) is 0 Å². The van der Waals surface area contributed by atoms with Crippen LogP contribution >= 0.6 is 0 Å². The van der Waals surface area contributed by atoms with Crippen molar-refractivity contribution in [2.24, 2.45) is 5.92 Å². The molecule has 0 aliphatic rings. The fourth-order valence-corrected chi connectivity index (χ4v) is 1.73. The summed E-state index contributed by atoms with van der Waals surface area (Å²) in [6, 6.07) is 0. The van der Waals surface area contributed by atoms with Crippen LogP contribution in [0.5, 0.6) is 0 Å². The summed E-state index contributed by atoms with van der Waals surface area (Å²) >= 11 is 0. The van der Waals surface area contributed by atoms with Gasteiger partial charge in [0, 0.05) is 12.5 Å². The maximum atomic E-state index is 10.8. The number of carbonyl (C=O) groups excluding carboxylic acids is 1. The Morgan fingerprint density at radius 1 is 1.46 bits per heavy atom. The highest BCUT2D eigenvalue weighted by atomic mass is 32.2. The smallest absolute Gasteiger partial charge is 0.280 e. The molecule has 0 aromatic rings. The van der Waals surface area contributed by atoms with Gasteiger partial charge < -0.3 is 15.0 Å². The van der Waals surface area contributed by atoms with Crippen LogP contribution in [0.4, 0.5) is 0 Å². The molecule has 0 aliphatic heterocycles. The summed E-state index contributed by atoms with van der Waals surface area (Å²) in [6.07, 6.45) is -0.0663. The summed E-state index contributed by atoms with van der Waals surface area (Å²) < 4.78 is 27.9. The monoisotopic (exact) mass is 212 g/mol. The normalized spacial score (nSPS) is 19.1. The van der Waals surface area contributed by atoms with Gasteiger partial charge in [-0.2, -0.15) is 8.42 Å². The molecule has 0 aliphatic carbocycles. The van der Waals surface area contributed by atoms with Crippen LogP contribution in [0.15, 0.2) is 0 Å². The lowest BCUT2D eigenvalue weighted by Gasteiger charge is -2.27. The van der Waals surface area contributed by atoms with Gasteiger partial charge in [-0.1, -0.05) is 6.92 Å². The molecule has 0 amide bonds. The lowest BCUT2D eigenvalue weighted by atomic mass is 9.96. The Labute approximate surface area is 75.9 Å². The van der Waals surface area contributed by atoms with Crippen LogP contribution in [0.2, 0.25) is 0 Å². The fourth-order valence-electron chi connectivity index (χ4n) is 0.860. The van der Waals surface area contributed by atoms with Gasteiger partial charge >= 0.3 is 0 Å². The first-order chi connectivity index (χ1) is 5.85. The first-order valence-electron chi connectivity index (χ1n) is 3.50. The summed E-state index contributed by atoms with van der Waals surface area (Å²) in [4.78, 5) is 10.5. The predicted octanol–water partition coefficient (Wildman–Crippen LogP) is -1.57. The third kappa shape index (κ3) is 2.05. The molecule has 0 aromatic heterocycles. The van der Waals surface area contributed by atoms with E-state index in [2.05, 4.69) is 0 Å². The molecule has 0 rings (SSSR count). The predicted molar refractivity (Wildman–Crippen MR) is 43.7 cm³/mol. The summed E-state index contributed by atoms with van der Waals surface area (Å²) in [5.74, 6) is -1.06. The topological polar surface area (TPSA) is 112 Å². The van der Waals surface area contributed by atoms with Crippen LogP contribution in [-0.2, 0) is 14.9 Å². The van der Waals surface area contributed by atoms with Gasteiger partial charge in [-0.15, -0.1) is 0 Å². The molecule has 0 aromatic carbocycles. The molecule has 0 radical (unpaired) electrons. The van der Waals surface area contributed by atoms with Gasteiger partial charge in [-0.3, -0.25) is 4.55 Å². The highest BCUT2D eigenvalue weighted by Crippen LogP contribution is 2.23. The number of aldehydes is 1. The lowest BCUT2D eigenvalue weighted by molar-refractivity contribution is -0.112. The van der Waals surface area contributed by atoms with Gasteiger partial charge in [0.05, 0.1) is 6.61 Å². The van der Waals surface area contributed by atoms with Crippen LogP contribution in [0.3, 0.4) is 0 Å². The van der Waals surface area contributed by atoms with Crippen molar-refractivity contribution in [3.63, 3.8) is 0 Å². The second kappa shape index (κ2) is 4.14. The summed E-state index contributed by atoms with van der Waals surface area (Å²) in [6.45, 7) is -0.450. The Morgan fingerprint density at radius 2 is 1.92 bits per heavy atom. The number of carbonyl (C=O) groups is 1. The lowest BCUT2D eigenvalue weighted by Crippen LogP contribution is -2.50. The molecular formula is C6H12O6S. The van der Waals surface area contributed by atoms with E-state index in [4.69, 9.17) is 14.8 Å². The molecule has 13 heavy (non-hydrogen) atoms. The van der Waals surface area contributed by atoms with E-state index >= 15 is 0 Å². The van der Waals surface area contributed by atoms with Crippen molar-refractivity contribution in [3.8, 4) is 0 Å². The summed E-state index contributed by atoms with van der Waals surface area (Å²) in [5, 5.41) is 17.4. The van der Waals surface area contributed by atoms with Crippen molar-refractivity contribution < 1.29 is 28.0 Å². The molecular weight excluding hydrogens is 200 g/mol. The van der Waals surface area contributed by atoms with E-state index in [0.717, 1.165) is 0 Å². The van der Waals surface area contributed by atoms with E-state index in [1.165, 1.54) is 6.92 Å². The van der Waals surface area contributed by atoms with E-state index in [9.17, 15) is 13.2 Å². The van der Waals surface area contributed by atoms with Crippen molar-refractivity contribution >= 4 is 16.4 Å². The zero-order valence-corrected chi connectivity index (χ0v) is 7.86. The van der Waals surface area contributed by atoms with Gasteiger partial charge in [-0.25, -0.2) is 0 Å². The Bertz CT molecular complexity index is 271. The second-order valence-electron chi connectivity index (χ2n) is 2.79. The minimum absolute atomic E-state index is 0.0663. The van der Waals surface area contributed by atoms with Crippen LogP contribution in [0.1, 0.15) is 6.92 Å². The third-order valence-electron chi connectivity index (χ3n) is 2.03. The molecule has 0 bridgehead atoms. The molecule has 0 saturated heterocycles. The first kappa shape index (κ1) is 12.5. The molecule has 0 saturated carbocycles. The zero-order valence-electron chi connectivity index (χ0n) is 7.04. The van der Waals surface area contributed by atoms with Crippen LogP contribution < -0.4 is 0 Å². The Morgan fingerprint density at radius 3 is 2.00 bits per heavy atom. The minimum Gasteiger partial charge on any atom is -0.396 e. The third-order valence-corrected chi connectivity index (χ3v) is 3.62. The van der Waals surface area contributed by atoms with Crippen LogP contribution in [0, 0.1) is 5.92 Å². The van der Waals surface area contributed by atoms with E-state index < -0.39 is 34.0 Å². The van der Waals surface area contributed by atoms with Crippen molar-refractivity contribution in [1.82, 2.24) is 0 Å². The molecule has 0 spiro atoms. The maximum absolute atomic E-state index is 10.8. The maximum Gasteiger partial charge on any atom is 0.280 e. The van der Waals surface area contributed by atoms with Gasteiger partial charge in [0.15, 0.2) is 4.75 Å². The quantitative estimate of drug-likeness (QED) is 0.375.